The Labute approximate surface area is 160 Å². The lowest BCUT2D eigenvalue weighted by molar-refractivity contribution is 0.1000. The minimum Gasteiger partial charge on any atom is -0.495 e. The normalized spacial score (nSPS) is 14.8. The average molecular weight is 369 g/mol. The van der Waals surface area contributed by atoms with Gasteiger partial charge in [0.1, 0.15) is 11.5 Å². The highest BCUT2D eigenvalue weighted by Gasteiger charge is 2.19. The van der Waals surface area contributed by atoms with Crippen molar-refractivity contribution < 1.29 is 14.3 Å². The molecule has 0 spiro atoms. The predicted octanol–water partition coefficient (Wildman–Crippen LogP) is 2.39. The molecule has 1 aliphatic rings. The van der Waals surface area contributed by atoms with Gasteiger partial charge in [0.05, 0.1) is 19.4 Å². The molecular weight excluding hydrogens is 342 g/mol. The van der Waals surface area contributed by atoms with Crippen LogP contribution in [0.15, 0.2) is 48.5 Å². The van der Waals surface area contributed by atoms with E-state index in [4.69, 9.17) is 15.2 Å². The summed E-state index contributed by atoms with van der Waals surface area (Å²) in [6.45, 7) is 5.64. The summed E-state index contributed by atoms with van der Waals surface area (Å²) in [7, 11) is 1.72. The molecule has 6 nitrogen and oxygen atoms in total. The molecule has 1 saturated heterocycles. The third-order valence-corrected chi connectivity index (χ3v) is 4.80. The molecule has 1 fully saturated rings. The second-order valence-corrected chi connectivity index (χ2v) is 6.59. The zero-order chi connectivity index (χ0) is 19.1. The molecule has 2 aromatic rings. The molecule has 1 aliphatic heterocycles. The van der Waals surface area contributed by atoms with Crippen LogP contribution in [0.3, 0.4) is 0 Å². The number of carbonyl (C=O) groups excluding carboxylic acids is 1. The molecule has 0 atom stereocenters. The summed E-state index contributed by atoms with van der Waals surface area (Å²) >= 11 is 0. The van der Waals surface area contributed by atoms with E-state index in [1.807, 2.05) is 18.2 Å². The third-order valence-electron chi connectivity index (χ3n) is 4.80. The number of hydrogen-bond acceptors (Lipinski definition) is 5. The summed E-state index contributed by atoms with van der Waals surface area (Å²) in [6, 6.07) is 15.2. The second-order valence-electron chi connectivity index (χ2n) is 6.59. The first-order valence-electron chi connectivity index (χ1n) is 9.30. The molecule has 3 rings (SSSR count). The highest BCUT2D eigenvalue weighted by atomic mass is 16.5. The first kappa shape index (κ1) is 19.0. The number of amides is 1. The molecule has 2 N–H and O–H groups in total. The van der Waals surface area contributed by atoms with E-state index in [2.05, 4.69) is 21.9 Å². The Bertz CT molecular complexity index is 758. The van der Waals surface area contributed by atoms with Crippen molar-refractivity contribution in [1.82, 2.24) is 4.90 Å². The Morgan fingerprint density at radius 2 is 1.85 bits per heavy atom. The second kappa shape index (κ2) is 9.28. The lowest BCUT2D eigenvalue weighted by Gasteiger charge is -2.36. The lowest BCUT2D eigenvalue weighted by atomic mass is 10.2. The van der Waals surface area contributed by atoms with E-state index >= 15 is 0 Å². The number of hydrogen-bond donors (Lipinski definition) is 1. The van der Waals surface area contributed by atoms with Crippen LogP contribution in [-0.2, 0) is 0 Å². The molecule has 2 aromatic carbocycles. The van der Waals surface area contributed by atoms with Crippen molar-refractivity contribution in [1.29, 1.82) is 0 Å². The Morgan fingerprint density at radius 3 is 2.59 bits per heavy atom. The SMILES string of the molecule is COc1ccccc1N1CCN(CCCOc2cccc(C(N)=O)c2)CC1. The first-order valence-corrected chi connectivity index (χ1v) is 9.30. The number of methoxy groups -OCH3 is 1. The van der Waals surface area contributed by atoms with Crippen LogP contribution < -0.4 is 20.1 Å². The maximum absolute atomic E-state index is 11.2. The van der Waals surface area contributed by atoms with E-state index in [1.54, 1.807) is 25.3 Å². The van der Waals surface area contributed by atoms with Gasteiger partial charge in [-0.05, 0) is 36.8 Å². The Kier molecular flexibility index (Phi) is 6.54. The van der Waals surface area contributed by atoms with E-state index in [9.17, 15) is 4.79 Å². The molecule has 0 saturated carbocycles. The van der Waals surface area contributed by atoms with Crippen molar-refractivity contribution >= 4 is 11.6 Å². The highest BCUT2D eigenvalue weighted by molar-refractivity contribution is 5.93. The lowest BCUT2D eigenvalue weighted by Crippen LogP contribution is -2.46. The summed E-state index contributed by atoms with van der Waals surface area (Å²) < 4.78 is 11.2. The molecule has 27 heavy (non-hydrogen) atoms. The fourth-order valence-corrected chi connectivity index (χ4v) is 3.32. The van der Waals surface area contributed by atoms with Crippen LogP contribution in [0.4, 0.5) is 5.69 Å². The molecule has 0 bridgehead atoms. The number of carbonyl (C=O) groups is 1. The number of primary amides is 1. The van der Waals surface area contributed by atoms with Gasteiger partial charge in [0.25, 0.3) is 0 Å². The molecule has 6 heteroatoms. The minimum absolute atomic E-state index is 0.437. The van der Waals surface area contributed by atoms with E-state index in [-0.39, 0.29) is 0 Å². The van der Waals surface area contributed by atoms with Gasteiger partial charge in [0, 0.05) is 38.3 Å². The number of ether oxygens (including phenoxy) is 2. The van der Waals surface area contributed by atoms with Crippen LogP contribution >= 0.6 is 0 Å². The number of anilines is 1. The average Bonchev–Trinajstić information content (AvgIpc) is 2.72. The molecule has 1 amide bonds. The smallest absolute Gasteiger partial charge is 0.248 e. The van der Waals surface area contributed by atoms with Gasteiger partial charge in [-0.3, -0.25) is 9.69 Å². The van der Waals surface area contributed by atoms with Crippen LogP contribution in [-0.4, -0.2) is 57.2 Å². The summed E-state index contributed by atoms with van der Waals surface area (Å²) in [5.41, 5.74) is 6.93. The maximum Gasteiger partial charge on any atom is 0.248 e. The molecule has 0 aliphatic carbocycles. The zero-order valence-electron chi connectivity index (χ0n) is 15.8. The quantitative estimate of drug-likeness (QED) is 0.724. The Balaban J connectivity index is 1.40. The Morgan fingerprint density at radius 1 is 1.07 bits per heavy atom. The summed E-state index contributed by atoms with van der Waals surface area (Å²) in [5, 5.41) is 0. The van der Waals surface area contributed by atoms with Crippen molar-refractivity contribution in [2.45, 2.75) is 6.42 Å². The molecule has 144 valence electrons. The van der Waals surface area contributed by atoms with E-state index < -0.39 is 5.91 Å². The van der Waals surface area contributed by atoms with Gasteiger partial charge in [0.15, 0.2) is 0 Å². The van der Waals surface area contributed by atoms with Gasteiger partial charge in [-0.1, -0.05) is 18.2 Å². The topological polar surface area (TPSA) is 68.0 Å². The molecule has 0 unspecified atom stereocenters. The number of nitrogens with zero attached hydrogens (tertiary/aromatic N) is 2. The summed E-state index contributed by atoms with van der Waals surface area (Å²) in [6.07, 6.45) is 0.940. The van der Waals surface area contributed by atoms with Gasteiger partial charge in [-0.15, -0.1) is 0 Å². The van der Waals surface area contributed by atoms with E-state index in [0.717, 1.165) is 50.6 Å². The number of piperazine rings is 1. The summed E-state index contributed by atoms with van der Waals surface area (Å²) in [5.74, 6) is 1.18. The highest BCUT2D eigenvalue weighted by Crippen LogP contribution is 2.28. The van der Waals surface area contributed by atoms with Crippen LogP contribution in [0.25, 0.3) is 0 Å². The molecule has 0 aromatic heterocycles. The van der Waals surface area contributed by atoms with Crippen LogP contribution in [0.5, 0.6) is 11.5 Å². The van der Waals surface area contributed by atoms with Crippen molar-refractivity contribution in [3.63, 3.8) is 0 Å². The van der Waals surface area contributed by atoms with Gasteiger partial charge in [0.2, 0.25) is 5.91 Å². The van der Waals surface area contributed by atoms with Crippen LogP contribution in [0, 0.1) is 0 Å². The molecule has 0 radical (unpaired) electrons. The van der Waals surface area contributed by atoms with E-state index in [0.29, 0.717) is 17.9 Å². The largest absolute Gasteiger partial charge is 0.495 e. The van der Waals surface area contributed by atoms with Crippen molar-refractivity contribution in [3.8, 4) is 11.5 Å². The van der Waals surface area contributed by atoms with Crippen molar-refractivity contribution in [2.75, 3.05) is 51.3 Å². The summed E-state index contributed by atoms with van der Waals surface area (Å²) in [4.78, 5) is 16.0. The minimum atomic E-state index is -0.437. The maximum atomic E-state index is 11.2. The third kappa shape index (κ3) is 5.14. The number of nitrogens with two attached hydrogens (primary N) is 1. The van der Waals surface area contributed by atoms with Crippen LogP contribution in [0.1, 0.15) is 16.8 Å². The standard InChI is InChI=1S/C21H27N3O3/c1-26-20-9-3-2-8-19(20)24-13-11-23(12-14-24)10-5-15-27-18-7-4-6-17(16-18)21(22)25/h2-4,6-9,16H,5,10-15H2,1H3,(H2,22,25). The molecule has 1 heterocycles. The predicted molar refractivity (Wildman–Crippen MR) is 107 cm³/mol. The number of benzene rings is 2. The van der Waals surface area contributed by atoms with E-state index in [1.165, 1.54) is 0 Å². The molecular formula is C21H27N3O3. The van der Waals surface area contributed by atoms with Crippen molar-refractivity contribution in [3.05, 3.63) is 54.1 Å². The van der Waals surface area contributed by atoms with Crippen molar-refractivity contribution in [2.24, 2.45) is 5.73 Å². The monoisotopic (exact) mass is 369 g/mol. The number of para-hydroxylation sites is 2. The van der Waals surface area contributed by atoms with Gasteiger partial charge < -0.3 is 20.1 Å². The van der Waals surface area contributed by atoms with Gasteiger partial charge >= 0.3 is 0 Å². The van der Waals surface area contributed by atoms with Gasteiger partial charge in [-0.25, -0.2) is 0 Å². The first-order chi connectivity index (χ1) is 13.2. The van der Waals surface area contributed by atoms with Gasteiger partial charge in [-0.2, -0.15) is 0 Å². The van der Waals surface area contributed by atoms with Crippen LogP contribution in [0.2, 0.25) is 0 Å². The Hall–Kier alpha value is -2.73. The number of rotatable bonds is 8. The fraction of sp³-hybridized carbons (Fsp3) is 0.381. The zero-order valence-corrected chi connectivity index (χ0v) is 15.8. The fourth-order valence-electron chi connectivity index (χ4n) is 3.32.